The molecule has 7 nitrogen and oxygen atoms in total. The van der Waals surface area contributed by atoms with Crippen molar-refractivity contribution in [1.82, 2.24) is 10.2 Å². The quantitative estimate of drug-likeness (QED) is 0.281. The third-order valence-electron chi connectivity index (χ3n) is 6.16. The summed E-state index contributed by atoms with van der Waals surface area (Å²) in [6, 6.07) is 7.09. The highest BCUT2D eigenvalue weighted by Crippen LogP contribution is 2.43. The first-order valence-electron chi connectivity index (χ1n) is 10.3. The first-order valence-corrected chi connectivity index (χ1v) is 10.3. The van der Waals surface area contributed by atoms with Gasteiger partial charge in [0.25, 0.3) is 5.91 Å². The molecule has 3 amide bonds. The molecule has 1 aromatic carbocycles. The highest BCUT2D eigenvalue weighted by atomic mass is 127. The van der Waals surface area contributed by atoms with Gasteiger partial charge in [-0.15, -0.1) is 24.0 Å². The molecule has 0 radical (unpaired) electrons. The van der Waals surface area contributed by atoms with Crippen LogP contribution in [0.4, 0.5) is 10.5 Å². The molecule has 3 fully saturated rings. The van der Waals surface area contributed by atoms with Gasteiger partial charge in [-0.3, -0.25) is 4.79 Å². The predicted molar refractivity (Wildman–Crippen MR) is 124 cm³/mol. The minimum absolute atomic E-state index is 0. The number of hydrogen-bond donors (Lipinski definition) is 2. The second-order valence-corrected chi connectivity index (χ2v) is 8.29. The predicted octanol–water partition coefficient (Wildman–Crippen LogP) is 3.22. The maximum absolute atomic E-state index is 12.8. The summed E-state index contributed by atoms with van der Waals surface area (Å²) in [5, 5.41) is 2.88. The molecule has 1 atom stereocenters. The summed E-state index contributed by atoms with van der Waals surface area (Å²) in [7, 11) is 0. The van der Waals surface area contributed by atoms with Gasteiger partial charge in [0.1, 0.15) is 5.54 Å². The normalized spacial score (nSPS) is 25.5. The van der Waals surface area contributed by atoms with Gasteiger partial charge in [-0.05, 0) is 56.2 Å². The zero-order valence-electron chi connectivity index (χ0n) is 16.9. The van der Waals surface area contributed by atoms with Gasteiger partial charge in [0, 0.05) is 13.1 Å². The van der Waals surface area contributed by atoms with Crippen LogP contribution in [0.25, 0.3) is 0 Å². The number of likely N-dealkylation sites (tertiary alicyclic amines) is 1. The van der Waals surface area contributed by atoms with E-state index in [-0.39, 0.29) is 41.8 Å². The number of urea groups is 1. The van der Waals surface area contributed by atoms with Crippen LogP contribution >= 0.6 is 24.0 Å². The number of imide groups is 1. The monoisotopic (exact) mass is 511 g/mol. The van der Waals surface area contributed by atoms with Crippen LogP contribution < -0.4 is 16.0 Å². The lowest BCUT2D eigenvalue weighted by molar-refractivity contribution is -0.122. The average Bonchev–Trinajstić information content (AvgIpc) is 3.51. The number of nitrogens with zero attached hydrogens (tertiary/aromatic N) is 3. The molecule has 1 saturated carbocycles. The number of benzene rings is 1. The van der Waals surface area contributed by atoms with E-state index < -0.39 is 5.54 Å². The van der Waals surface area contributed by atoms with E-state index >= 15 is 0 Å². The van der Waals surface area contributed by atoms with Crippen LogP contribution in [0.15, 0.2) is 29.3 Å². The number of halogens is 1. The number of hydrogen-bond acceptors (Lipinski definition) is 3. The highest BCUT2D eigenvalue weighted by Gasteiger charge is 2.56. The number of carbonyl (C=O) groups is 2. The Balaban J connectivity index is 0.00000240. The van der Waals surface area contributed by atoms with Crippen molar-refractivity contribution >= 4 is 47.6 Å². The number of carbonyl (C=O) groups excluding carboxylic acids is 2. The fraction of sp³-hybridized carbons (Fsp3) is 0.571. The number of nitrogens with one attached hydrogen (secondary N) is 1. The maximum atomic E-state index is 12.8. The Kier molecular flexibility index (Phi) is 6.70. The number of nitrogens with two attached hydrogens (primary N) is 1. The molecule has 2 aliphatic heterocycles. The van der Waals surface area contributed by atoms with E-state index in [0.29, 0.717) is 18.2 Å². The minimum Gasteiger partial charge on any atom is -0.370 e. The molecule has 0 spiro atoms. The Labute approximate surface area is 189 Å². The van der Waals surface area contributed by atoms with Crippen LogP contribution in [0.5, 0.6) is 0 Å². The number of guanidine groups is 1. The lowest BCUT2D eigenvalue weighted by Gasteiger charge is -2.21. The summed E-state index contributed by atoms with van der Waals surface area (Å²) in [5.74, 6) is 0.695. The summed E-state index contributed by atoms with van der Waals surface area (Å²) in [4.78, 5) is 33.2. The van der Waals surface area contributed by atoms with Gasteiger partial charge in [-0.2, -0.15) is 0 Å². The summed E-state index contributed by atoms with van der Waals surface area (Å²) in [5.41, 5.74) is 7.00. The Morgan fingerprint density at radius 2 is 1.76 bits per heavy atom. The number of rotatable bonds is 4. The van der Waals surface area contributed by atoms with Gasteiger partial charge in [0.15, 0.2) is 5.96 Å². The molecule has 158 valence electrons. The largest absolute Gasteiger partial charge is 0.370 e. The summed E-state index contributed by atoms with van der Waals surface area (Å²) >= 11 is 0. The Bertz CT molecular complexity index is 785. The van der Waals surface area contributed by atoms with Gasteiger partial charge >= 0.3 is 6.03 Å². The minimum atomic E-state index is -0.762. The van der Waals surface area contributed by atoms with Crippen LogP contribution in [0.3, 0.4) is 0 Å². The molecule has 1 aromatic rings. The molecule has 2 saturated heterocycles. The molecule has 0 aromatic heterocycles. The summed E-state index contributed by atoms with van der Waals surface area (Å²) < 4.78 is 0. The van der Waals surface area contributed by atoms with E-state index in [1.54, 1.807) is 0 Å². The van der Waals surface area contributed by atoms with Gasteiger partial charge in [-0.25, -0.2) is 14.7 Å². The molecule has 3 aliphatic rings. The smallest absolute Gasteiger partial charge is 0.329 e. The molecule has 2 heterocycles. The van der Waals surface area contributed by atoms with Crippen molar-refractivity contribution in [3.8, 4) is 0 Å². The molecule has 0 bridgehead atoms. The molecule has 29 heavy (non-hydrogen) atoms. The molecule has 1 unspecified atom stereocenters. The van der Waals surface area contributed by atoms with Crippen molar-refractivity contribution in [2.45, 2.75) is 57.5 Å². The second kappa shape index (κ2) is 8.89. The van der Waals surface area contributed by atoms with E-state index in [4.69, 9.17) is 5.73 Å². The van der Waals surface area contributed by atoms with Gasteiger partial charge in [0.05, 0.1) is 12.2 Å². The van der Waals surface area contributed by atoms with Crippen molar-refractivity contribution in [3.05, 3.63) is 29.8 Å². The number of anilines is 1. The number of aliphatic imine (C=N–C) groups is 1. The third kappa shape index (κ3) is 4.51. The van der Waals surface area contributed by atoms with E-state index in [9.17, 15) is 9.59 Å². The third-order valence-corrected chi connectivity index (χ3v) is 6.16. The zero-order chi connectivity index (χ0) is 19.7. The standard InChI is InChI=1S/C21H29N5O2.HI/c1-21(16-8-9-16)18(27)26(20(28)24-21)17-10-6-15(7-11-17)14-23-19(22)25-12-4-2-3-5-13-25;/h6-7,10-11,16H,2-5,8-9,12-14H2,1H3,(H2,22,23)(H,24,28);1H. The van der Waals surface area contributed by atoms with Crippen LogP contribution in [-0.2, 0) is 11.3 Å². The topological polar surface area (TPSA) is 91.0 Å². The molecule has 1 aliphatic carbocycles. The fourth-order valence-electron chi connectivity index (χ4n) is 4.15. The van der Waals surface area contributed by atoms with Gasteiger partial charge < -0.3 is 16.0 Å². The Morgan fingerprint density at radius 3 is 2.34 bits per heavy atom. The Morgan fingerprint density at radius 1 is 1.14 bits per heavy atom. The van der Waals surface area contributed by atoms with Crippen molar-refractivity contribution in [2.75, 3.05) is 18.0 Å². The lowest BCUT2D eigenvalue weighted by atomic mass is 9.96. The summed E-state index contributed by atoms with van der Waals surface area (Å²) in [6.45, 7) is 4.27. The van der Waals surface area contributed by atoms with Crippen LogP contribution in [0.1, 0.15) is 51.0 Å². The van der Waals surface area contributed by atoms with E-state index in [1.807, 2.05) is 31.2 Å². The second-order valence-electron chi connectivity index (χ2n) is 8.29. The van der Waals surface area contributed by atoms with E-state index in [0.717, 1.165) is 44.3 Å². The van der Waals surface area contributed by atoms with Crippen molar-refractivity contribution in [2.24, 2.45) is 16.6 Å². The first kappa shape index (κ1) is 21.9. The van der Waals surface area contributed by atoms with Crippen LogP contribution in [0, 0.1) is 5.92 Å². The highest BCUT2D eigenvalue weighted by molar-refractivity contribution is 14.0. The van der Waals surface area contributed by atoms with Crippen LogP contribution in [0.2, 0.25) is 0 Å². The molecular formula is C21H30IN5O2. The molecular weight excluding hydrogens is 481 g/mol. The summed E-state index contributed by atoms with van der Waals surface area (Å²) in [6.07, 6.45) is 6.83. The van der Waals surface area contributed by atoms with Crippen molar-refractivity contribution in [1.29, 1.82) is 0 Å². The SMILES string of the molecule is CC1(C2CC2)NC(=O)N(c2ccc(CN=C(N)N3CCCCCC3)cc2)C1=O.I. The maximum Gasteiger partial charge on any atom is 0.329 e. The zero-order valence-corrected chi connectivity index (χ0v) is 19.2. The first-order chi connectivity index (χ1) is 13.5. The Hall–Kier alpha value is -1.84. The molecule has 8 heteroatoms. The fourth-order valence-corrected chi connectivity index (χ4v) is 4.15. The van der Waals surface area contributed by atoms with Gasteiger partial charge in [0.2, 0.25) is 0 Å². The van der Waals surface area contributed by atoms with E-state index in [1.165, 1.54) is 17.7 Å². The van der Waals surface area contributed by atoms with Gasteiger partial charge in [-0.1, -0.05) is 25.0 Å². The van der Waals surface area contributed by atoms with Crippen molar-refractivity contribution in [3.63, 3.8) is 0 Å². The molecule has 3 N–H and O–H groups in total. The van der Waals surface area contributed by atoms with Crippen LogP contribution in [-0.4, -0.2) is 41.4 Å². The van der Waals surface area contributed by atoms with E-state index in [2.05, 4.69) is 15.2 Å². The average molecular weight is 511 g/mol. The number of amides is 3. The van der Waals surface area contributed by atoms with Crippen molar-refractivity contribution < 1.29 is 9.59 Å². The lowest BCUT2D eigenvalue weighted by Crippen LogP contribution is -2.46. The molecule has 4 rings (SSSR count).